The van der Waals surface area contributed by atoms with Crippen LogP contribution in [0.3, 0.4) is 0 Å². The maximum absolute atomic E-state index is 12.5. The fraction of sp³-hybridized carbons (Fsp3) is 0.471. The second-order valence-electron chi connectivity index (χ2n) is 5.39. The Morgan fingerprint density at radius 3 is 2.55 bits per heavy atom. The van der Waals surface area contributed by atoms with Gasteiger partial charge in [-0.15, -0.1) is 0 Å². The molecule has 0 radical (unpaired) electrons. The molecule has 1 atom stereocenters. The Morgan fingerprint density at radius 2 is 1.95 bits per heavy atom. The minimum atomic E-state index is 0.0931. The molecule has 1 amide bonds. The Labute approximate surface area is 121 Å². The molecule has 0 bridgehead atoms. The van der Waals surface area contributed by atoms with E-state index >= 15 is 0 Å². The van der Waals surface area contributed by atoms with E-state index in [1.807, 2.05) is 30.1 Å². The first-order valence-corrected chi connectivity index (χ1v) is 7.17. The minimum Gasteiger partial charge on any atom is -0.383 e. The van der Waals surface area contributed by atoms with Crippen LogP contribution in [-0.4, -0.2) is 37.6 Å². The number of carbonyl (C=O) groups is 1. The van der Waals surface area contributed by atoms with Crippen LogP contribution in [0.15, 0.2) is 42.5 Å². The molecule has 0 aliphatic heterocycles. The Morgan fingerprint density at radius 1 is 1.30 bits per heavy atom. The Kier molecular flexibility index (Phi) is 5.36. The molecule has 1 aromatic carbocycles. The molecule has 3 nitrogen and oxygen atoms in total. The SMILES string of the molecule is COC[C@H](Cc1ccccc1)N(C)C(=O)C1CC=CC1. The van der Waals surface area contributed by atoms with Crippen LogP contribution in [0, 0.1) is 5.92 Å². The number of nitrogens with zero attached hydrogens (tertiary/aromatic N) is 1. The number of allylic oxidation sites excluding steroid dienone is 2. The highest BCUT2D eigenvalue weighted by atomic mass is 16.5. The molecule has 0 heterocycles. The molecular weight excluding hydrogens is 250 g/mol. The highest BCUT2D eigenvalue weighted by molar-refractivity contribution is 5.79. The highest BCUT2D eigenvalue weighted by Gasteiger charge is 2.27. The van der Waals surface area contributed by atoms with Gasteiger partial charge in [-0.05, 0) is 24.8 Å². The maximum atomic E-state index is 12.5. The third-order valence-corrected chi connectivity index (χ3v) is 3.93. The third kappa shape index (κ3) is 3.70. The number of carbonyl (C=O) groups excluding carboxylic acids is 1. The quantitative estimate of drug-likeness (QED) is 0.746. The average molecular weight is 273 g/mol. The average Bonchev–Trinajstić information content (AvgIpc) is 3.00. The number of amides is 1. The lowest BCUT2D eigenvalue weighted by Crippen LogP contribution is -2.43. The van der Waals surface area contributed by atoms with Crippen molar-refractivity contribution in [1.82, 2.24) is 4.90 Å². The number of rotatable bonds is 6. The molecule has 1 aliphatic rings. The number of methoxy groups -OCH3 is 1. The van der Waals surface area contributed by atoms with Crippen LogP contribution >= 0.6 is 0 Å². The van der Waals surface area contributed by atoms with Crippen molar-refractivity contribution in [3.8, 4) is 0 Å². The van der Waals surface area contributed by atoms with Crippen molar-refractivity contribution in [3.05, 3.63) is 48.0 Å². The molecule has 108 valence electrons. The van der Waals surface area contributed by atoms with Gasteiger partial charge in [-0.3, -0.25) is 4.79 Å². The summed E-state index contributed by atoms with van der Waals surface area (Å²) in [5.41, 5.74) is 1.23. The molecule has 3 heteroatoms. The minimum absolute atomic E-state index is 0.0931. The smallest absolute Gasteiger partial charge is 0.226 e. The number of likely N-dealkylation sites (N-methyl/N-ethyl adjacent to an activating group) is 1. The third-order valence-electron chi connectivity index (χ3n) is 3.93. The summed E-state index contributed by atoms with van der Waals surface area (Å²) in [4.78, 5) is 14.4. The molecule has 1 aromatic rings. The van der Waals surface area contributed by atoms with Crippen LogP contribution in [0.25, 0.3) is 0 Å². The lowest BCUT2D eigenvalue weighted by atomic mass is 10.0. The van der Waals surface area contributed by atoms with Crippen LogP contribution in [0.4, 0.5) is 0 Å². The first-order valence-electron chi connectivity index (χ1n) is 7.17. The summed E-state index contributed by atoms with van der Waals surface area (Å²) < 4.78 is 5.30. The van der Waals surface area contributed by atoms with Crippen molar-refractivity contribution in [1.29, 1.82) is 0 Å². The molecule has 0 saturated carbocycles. The summed E-state index contributed by atoms with van der Waals surface area (Å²) in [6.07, 6.45) is 6.76. The van der Waals surface area contributed by atoms with Crippen molar-refractivity contribution in [2.24, 2.45) is 5.92 Å². The van der Waals surface area contributed by atoms with E-state index in [0.29, 0.717) is 6.61 Å². The Bertz CT molecular complexity index is 447. The second kappa shape index (κ2) is 7.25. The van der Waals surface area contributed by atoms with Crippen LogP contribution < -0.4 is 0 Å². The molecule has 0 spiro atoms. The lowest BCUT2D eigenvalue weighted by molar-refractivity contribution is -0.137. The van der Waals surface area contributed by atoms with Crippen LogP contribution in [0.5, 0.6) is 0 Å². The zero-order valence-corrected chi connectivity index (χ0v) is 12.3. The van der Waals surface area contributed by atoms with Crippen molar-refractivity contribution in [2.45, 2.75) is 25.3 Å². The van der Waals surface area contributed by atoms with Crippen molar-refractivity contribution in [2.75, 3.05) is 20.8 Å². The fourth-order valence-electron chi connectivity index (χ4n) is 2.67. The zero-order valence-electron chi connectivity index (χ0n) is 12.3. The summed E-state index contributed by atoms with van der Waals surface area (Å²) in [6, 6.07) is 10.4. The number of benzene rings is 1. The van der Waals surface area contributed by atoms with Crippen molar-refractivity contribution < 1.29 is 9.53 Å². The van der Waals surface area contributed by atoms with Gasteiger partial charge in [0.15, 0.2) is 0 Å². The predicted molar refractivity (Wildman–Crippen MR) is 80.4 cm³/mol. The molecule has 2 rings (SSSR count). The van der Waals surface area contributed by atoms with Gasteiger partial charge in [-0.25, -0.2) is 0 Å². The monoisotopic (exact) mass is 273 g/mol. The molecule has 1 aliphatic carbocycles. The zero-order chi connectivity index (χ0) is 14.4. The van der Waals surface area contributed by atoms with E-state index in [9.17, 15) is 4.79 Å². The van der Waals surface area contributed by atoms with Gasteiger partial charge in [0.05, 0.1) is 12.6 Å². The van der Waals surface area contributed by atoms with Gasteiger partial charge >= 0.3 is 0 Å². The van der Waals surface area contributed by atoms with E-state index in [1.54, 1.807) is 7.11 Å². The van der Waals surface area contributed by atoms with Gasteiger partial charge < -0.3 is 9.64 Å². The fourth-order valence-corrected chi connectivity index (χ4v) is 2.67. The molecular formula is C17H23NO2. The lowest BCUT2D eigenvalue weighted by Gasteiger charge is -2.30. The van der Waals surface area contributed by atoms with E-state index < -0.39 is 0 Å². The normalized spacial score (nSPS) is 16.3. The number of ether oxygens (including phenoxy) is 1. The summed E-state index contributed by atoms with van der Waals surface area (Å²) in [6.45, 7) is 0.567. The highest BCUT2D eigenvalue weighted by Crippen LogP contribution is 2.21. The second-order valence-corrected chi connectivity index (χ2v) is 5.39. The molecule has 0 N–H and O–H groups in total. The largest absolute Gasteiger partial charge is 0.383 e. The summed E-state index contributed by atoms with van der Waals surface area (Å²) in [5.74, 6) is 0.350. The summed E-state index contributed by atoms with van der Waals surface area (Å²) >= 11 is 0. The maximum Gasteiger partial charge on any atom is 0.226 e. The molecule has 0 fully saturated rings. The van der Waals surface area contributed by atoms with Crippen LogP contribution in [-0.2, 0) is 16.0 Å². The molecule has 0 aromatic heterocycles. The van der Waals surface area contributed by atoms with E-state index in [1.165, 1.54) is 5.56 Å². The molecule has 0 unspecified atom stereocenters. The molecule has 0 saturated heterocycles. The van der Waals surface area contributed by atoms with Crippen LogP contribution in [0.2, 0.25) is 0 Å². The van der Waals surface area contributed by atoms with Gasteiger partial charge in [0.2, 0.25) is 5.91 Å². The Hall–Kier alpha value is -1.61. The summed E-state index contributed by atoms with van der Waals surface area (Å²) in [5, 5.41) is 0. The van der Waals surface area contributed by atoms with Gasteiger partial charge in [0, 0.05) is 20.1 Å². The van der Waals surface area contributed by atoms with Gasteiger partial charge in [0.25, 0.3) is 0 Å². The van der Waals surface area contributed by atoms with Crippen molar-refractivity contribution in [3.63, 3.8) is 0 Å². The van der Waals surface area contributed by atoms with E-state index in [-0.39, 0.29) is 17.9 Å². The first kappa shape index (κ1) is 14.8. The van der Waals surface area contributed by atoms with Gasteiger partial charge in [-0.2, -0.15) is 0 Å². The predicted octanol–water partition coefficient (Wildman–Crippen LogP) is 2.67. The summed E-state index contributed by atoms with van der Waals surface area (Å²) in [7, 11) is 3.58. The van der Waals surface area contributed by atoms with Gasteiger partial charge in [-0.1, -0.05) is 42.5 Å². The molecule has 20 heavy (non-hydrogen) atoms. The van der Waals surface area contributed by atoms with Crippen molar-refractivity contribution >= 4 is 5.91 Å². The Balaban J connectivity index is 2.01. The van der Waals surface area contributed by atoms with E-state index in [2.05, 4.69) is 24.3 Å². The van der Waals surface area contributed by atoms with E-state index in [4.69, 9.17) is 4.74 Å². The standard InChI is InChI=1S/C17H23NO2/c1-18(17(19)15-10-6-7-11-15)16(13-20-2)12-14-8-4-3-5-9-14/h3-9,15-16H,10-13H2,1-2H3/t16-/m0/s1. The van der Waals surface area contributed by atoms with E-state index in [0.717, 1.165) is 19.3 Å². The van der Waals surface area contributed by atoms with Crippen LogP contribution in [0.1, 0.15) is 18.4 Å². The first-order chi connectivity index (χ1) is 9.72. The number of hydrogen-bond acceptors (Lipinski definition) is 2. The number of hydrogen-bond donors (Lipinski definition) is 0. The topological polar surface area (TPSA) is 29.5 Å². The van der Waals surface area contributed by atoms with Gasteiger partial charge in [0.1, 0.15) is 0 Å².